The van der Waals surface area contributed by atoms with Crippen molar-refractivity contribution in [3.8, 4) is 0 Å². The molecule has 0 saturated heterocycles. The fourth-order valence-corrected chi connectivity index (χ4v) is 10.6. The molecule has 1 unspecified atom stereocenters. The molecule has 0 bridgehead atoms. The minimum Gasteiger partial charge on any atom is -0.450 e. The smallest absolute Gasteiger partial charge is 0.450 e. The third-order valence-electron chi connectivity index (χ3n) is 4.73. The van der Waals surface area contributed by atoms with Crippen LogP contribution < -0.4 is 0 Å². The van der Waals surface area contributed by atoms with Crippen molar-refractivity contribution in [1.29, 1.82) is 0 Å². The van der Waals surface area contributed by atoms with E-state index in [9.17, 15) is 0 Å². The van der Waals surface area contributed by atoms with Crippen LogP contribution in [0.5, 0.6) is 0 Å². The average Bonchev–Trinajstić information content (AvgIpc) is 2.97. The summed E-state index contributed by atoms with van der Waals surface area (Å²) in [6, 6.07) is 0.845. The van der Waals surface area contributed by atoms with Crippen LogP contribution in [0, 0.1) is 0 Å². The molecule has 1 atom stereocenters. The van der Waals surface area contributed by atoms with Gasteiger partial charge in [0.2, 0.25) is 8.32 Å². The molecule has 0 radical (unpaired) electrons. The second kappa shape index (κ2) is 14.1. The molecule has 0 aromatic carbocycles. The molecular weight excluding hydrogens is 600 g/mol. The molecule has 29 heavy (non-hydrogen) atoms. The van der Waals surface area contributed by atoms with Crippen LogP contribution in [0.25, 0.3) is 0 Å². The van der Waals surface area contributed by atoms with Gasteiger partial charge in [-0.3, -0.25) is 0 Å². The molecule has 1 aliphatic rings. The van der Waals surface area contributed by atoms with Gasteiger partial charge in [-0.25, -0.2) is 0 Å². The zero-order chi connectivity index (χ0) is 22.0. The summed E-state index contributed by atoms with van der Waals surface area (Å²) in [6.45, 7) is 19.4. The second-order valence-corrected chi connectivity index (χ2v) is 19.4. The van der Waals surface area contributed by atoms with Crippen molar-refractivity contribution in [3.63, 3.8) is 0 Å². The van der Waals surface area contributed by atoms with E-state index in [2.05, 4.69) is 75.5 Å². The second-order valence-electron chi connectivity index (χ2n) is 8.04. The van der Waals surface area contributed by atoms with Crippen LogP contribution in [0.1, 0.15) is 13.3 Å². The topological polar surface area (TPSA) is 43.4 Å². The summed E-state index contributed by atoms with van der Waals surface area (Å²) < 4.78 is 22.2. The Kier molecular flexibility index (Phi) is 15.2. The van der Waals surface area contributed by atoms with Gasteiger partial charge in [0, 0.05) is 74.4 Å². The maximum absolute atomic E-state index is 5.97. The molecule has 174 valence electrons. The van der Waals surface area contributed by atoms with Crippen molar-refractivity contribution < 1.29 is 38.5 Å². The Morgan fingerprint density at radius 3 is 1.72 bits per heavy atom. The van der Waals surface area contributed by atoms with Gasteiger partial charge in [0.1, 0.15) is 0 Å². The molecule has 0 N–H and O–H groups in total. The Balaban J connectivity index is 0. The van der Waals surface area contributed by atoms with Crippen LogP contribution in [0.4, 0.5) is 0 Å². The molecule has 0 aromatic heterocycles. The van der Waals surface area contributed by atoms with Gasteiger partial charge in [0.05, 0.1) is 6.17 Å². The number of nitrogens with zero attached hydrogens (tertiary/aromatic N) is 2. The zero-order valence-corrected chi connectivity index (χ0v) is 25.0. The zero-order valence-electron chi connectivity index (χ0n) is 19.8. The molecule has 1 heterocycles. The number of hydrogen-bond donors (Lipinski definition) is 0. The van der Waals surface area contributed by atoms with Crippen molar-refractivity contribution in [2.45, 2.75) is 51.7 Å². The standard InChI is InChI=1S/C11H24N2O3Si.C8H18OSi2.Pt/c1-11-12(2)8-9-13(11)7-6-10-17(14-3,15-4)16-5;1-7-11(6,8-2)9-10(3,4)5;/h8-9,11H,6-7,10H2,1-5H3;7-8H,1-2H2,3-6H3;. The molecule has 10 heteroatoms. The van der Waals surface area contributed by atoms with Gasteiger partial charge in [0.25, 0.3) is 0 Å². The summed E-state index contributed by atoms with van der Waals surface area (Å²) >= 11 is 0. The average molecular weight is 642 g/mol. The molecule has 0 fully saturated rings. The predicted molar refractivity (Wildman–Crippen MR) is 126 cm³/mol. The third kappa shape index (κ3) is 11.3. The molecule has 6 nitrogen and oxygen atoms in total. The normalized spacial score (nSPS) is 16.8. The van der Waals surface area contributed by atoms with Crippen LogP contribution in [0.2, 0.25) is 32.2 Å². The van der Waals surface area contributed by atoms with E-state index in [-0.39, 0.29) is 21.1 Å². The molecule has 0 saturated carbocycles. The Bertz CT molecular complexity index is 498. The molecule has 0 amide bonds. The quantitative estimate of drug-likeness (QED) is 0.316. The molecule has 0 aliphatic carbocycles. The monoisotopic (exact) mass is 641 g/mol. The van der Waals surface area contributed by atoms with Gasteiger partial charge >= 0.3 is 8.80 Å². The van der Waals surface area contributed by atoms with Gasteiger partial charge in [0.15, 0.2) is 8.32 Å². The summed E-state index contributed by atoms with van der Waals surface area (Å²) in [5, 5.41) is 0. The van der Waals surface area contributed by atoms with Gasteiger partial charge < -0.3 is 27.2 Å². The van der Waals surface area contributed by atoms with Crippen molar-refractivity contribution in [3.05, 3.63) is 37.0 Å². The molecule has 1 rings (SSSR count). The summed E-state index contributed by atoms with van der Waals surface area (Å²) in [5.41, 5.74) is 3.86. The van der Waals surface area contributed by atoms with E-state index >= 15 is 0 Å². The van der Waals surface area contributed by atoms with E-state index in [1.165, 1.54) is 0 Å². The fraction of sp³-hybridized carbons (Fsp3) is 0.684. The maximum atomic E-state index is 5.97. The van der Waals surface area contributed by atoms with Gasteiger partial charge in [-0.05, 0) is 39.5 Å². The first-order valence-corrected chi connectivity index (χ1v) is 17.6. The van der Waals surface area contributed by atoms with Crippen LogP contribution in [0.15, 0.2) is 37.0 Å². The van der Waals surface area contributed by atoms with Crippen molar-refractivity contribution >= 4 is 25.4 Å². The number of rotatable bonds is 11. The van der Waals surface area contributed by atoms with Gasteiger partial charge in [-0.2, -0.15) is 0 Å². The third-order valence-corrected chi connectivity index (χ3v) is 13.4. The van der Waals surface area contributed by atoms with E-state index in [0.717, 1.165) is 19.0 Å². The largest absolute Gasteiger partial charge is 0.500 e. The summed E-state index contributed by atoms with van der Waals surface area (Å²) in [7, 11) is 1.51. The van der Waals surface area contributed by atoms with Crippen LogP contribution in [-0.2, 0) is 38.5 Å². The van der Waals surface area contributed by atoms with E-state index in [4.69, 9.17) is 17.4 Å². The van der Waals surface area contributed by atoms with Crippen molar-refractivity contribution in [2.75, 3.05) is 34.9 Å². The SMILES string of the molecule is C=C[Si](C)(C=C)O[Si](C)(C)C.CO[Si](CCCN1C=CN(C)C1C)(OC)OC.[Pt]. The van der Waals surface area contributed by atoms with Gasteiger partial charge in [-0.1, -0.05) is 11.4 Å². The molecule has 1 aliphatic heterocycles. The minimum atomic E-state index is -2.39. The predicted octanol–water partition coefficient (Wildman–Crippen LogP) is 4.18. The molecular formula is C19H42N2O4PtSi3. The first-order chi connectivity index (χ1) is 12.9. The summed E-state index contributed by atoms with van der Waals surface area (Å²) in [4.78, 5) is 4.49. The van der Waals surface area contributed by atoms with E-state index in [1.54, 1.807) is 21.3 Å². The summed E-state index contributed by atoms with van der Waals surface area (Å²) in [6.07, 6.45) is 5.65. The Hall–Kier alpha value is -0.00104. The van der Waals surface area contributed by atoms with Gasteiger partial charge in [-0.15, -0.1) is 13.2 Å². The van der Waals surface area contributed by atoms with Crippen molar-refractivity contribution in [2.24, 2.45) is 0 Å². The first kappa shape index (κ1) is 31.2. The van der Waals surface area contributed by atoms with E-state index < -0.39 is 25.4 Å². The molecule has 0 aromatic rings. The maximum Gasteiger partial charge on any atom is 0.500 e. The summed E-state index contributed by atoms with van der Waals surface area (Å²) in [5.74, 6) is 0. The van der Waals surface area contributed by atoms with Crippen molar-refractivity contribution in [1.82, 2.24) is 9.80 Å². The Labute approximate surface area is 196 Å². The number of hydrogen-bond acceptors (Lipinski definition) is 6. The van der Waals surface area contributed by atoms with E-state index in [1.807, 2.05) is 11.4 Å². The Morgan fingerprint density at radius 2 is 1.45 bits per heavy atom. The van der Waals surface area contributed by atoms with Crippen LogP contribution in [-0.4, -0.2) is 76.3 Å². The minimum absolute atomic E-state index is 0. The van der Waals surface area contributed by atoms with Crippen LogP contribution >= 0.6 is 0 Å². The van der Waals surface area contributed by atoms with Crippen LogP contribution in [0.3, 0.4) is 0 Å². The molecule has 0 spiro atoms. The Morgan fingerprint density at radius 1 is 0.966 bits per heavy atom. The first-order valence-electron chi connectivity index (χ1n) is 9.70. The van der Waals surface area contributed by atoms with E-state index in [0.29, 0.717) is 6.17 Å². The fourth-order valence-electron chi connectivity index (χ4n) is 2.80.